The topological polar surface area (TPSA) is 9.86 Å². The number of thioether (sulfide) groups is 2. The molecule has 0 spiro atoms. The fourth-order valence-corrected chi connectivity index (χ4v) is 12.2. The van der Waals surface area contributed by atoms with E-state index in [2.05, 4.69) is 200 Å². The number of hydrogen-bond donors (Lipinski definition) is 0. The highest BCUT2D eigenvalue weighted by molar-refractivity contribution is 8.04. The van der Waals surface area contributed by atoms with Crippen molar-refractivity contribution >= 4 is 84.0 Å². The third-order valence-corrected chi connectivity index (χ3v) is 14.8. The van der Waals surface area contributed by atoms with Gasteiger partial charge in [0.25, 0.3) is 0 Å². The van der Waals surface area contributed by atoms with Crippen LogP contribution in [-0.4, -0.2) is 19.6 Å². The average Bonchev–Trinajstić information content (AvgIpc) is 3.96. The Bertz CT molecular complexity index is 3090. The molecule has 1 aliphatic carbocycles. The number of rotatable bonds is 6. The molecule has 56 heavy (non-hydrogen) atoms. The molecule has 3 aliphatic rings. The Morgan fingerprint density at radius 1 is 0.625 bits per heavy atom. The van der Waals surface area contributed by atoms with Gasteiger partial charge in [0.1, 0.15) is 0 Å². The third kappa shape index (κ3) is 5.12. The van der Waals surface area contributed by atoms with Crippen LogP contribution in [0.4, 0.5) is 0 Å². The highest BCUT2D eigenvalue weighted by Gasteiger charge is 2.32. The van der Waals surface area contributed by atoms with Crippen LogP contribution in [0.3, 0.4) is 0 Å². The van der Waals surface area contributed by atoms with Crippen LogP contribution in [0, 0.1) is 5.92 Å². The molecule has 0 radical (unpaired) electrons. The number of hydrogen-bond acceptors (Lipinski definition) is 2. The SMILES string of the molecule is C=CC1Sc2c(ccc3cc4c(cc23)c2ccccc2n4-c2ccc(-n3c4ccccc4c4ccc(/C=C\C5=C(C)SC6C=CC=CC56)cc43)cc2)C1/C=C\C. The van der Waals surface area contributed by atoms with E-state index >= 15 is 0 Å². The zero-order valence-corrected chi connectivity index (χ0v) is 33.0. The first kappa shape index (κ1) is 33.6. The van der Waals surface area contributed by atoms with Gasteiger partial charge in [0, 0.05) is 60.2 Å². The molecule has 11 rings (SSSR count). The molecule has 2 nitrogen and oxygen atoms in total. The van der Waals surface area contributed by atoms with E-state index in [1.165, 1.54) is 80.9 Å². The van der Waals surface area contributed by atoms with Crippen LogP contribution >= 0.6 is 23.5 Å². The largest absolute Gasteiger partial charge is 0.309 e. The minimum absolute atomic E-state index is 0.345. The predicted molar refractivity (Wildman–Crippen MR) is 245 cm³/mol. The van der Waals surface area contributed by atoms with Crippen molar-refractivity contribution in [3.05, 3.63) is 192 Å². The Labute approximate surface area is 335 Å². The maximum Gasteiger partial charge on any atom is 0.0547 e. The first-order chi connectivity index (χ1) is 27.6. The van der Waals surface area contributed by atoms with E-state index in [4.69, 9.17) is 0 Å². The quantitative estimate of drug-likeness (QED) is 0.156. The lowest BCUT2D eigenvalue weighted by Gasteiger charge is -2.16. The molecule has 2 aliphatic heterocycles. The van der Waals surface area contributed by atoms with Crippen LogP contribution in [0.5, 0.6) is 0 Å². The molecule has 8 aromatic rings. The summed E-state index contributed by atoms with van der Waals surface area (Å²) in [5, 5.41) is 8.55. The lowest BCUT2D eigenvalue weighted by molar-refractivity contribution is 0.819. The van der Waals surface area contributed by atoms with Gasteiger partial charge in [-0.1, -0.05) is 115 Å². The standard InChI is InChI=1S/C52H40N2S2/c1-4-12-41-43-28-21-34-30-49-45(31-44(34)52(43)56-50(41)5-2)39-14-7-10-17-47(39)54(49)36-24-22-35(23-25-36)53-46-16-9-6-13-38(46)40-27-20-33(29-48(40)53)19-26-37-32(3)55-51-18-11-8-15-42(37)51/h4-31,41-42,50-51H,2H2,1,3H3/b12-4-,26-19-. The Morgan fingerprint density at radius 2 is 1.30 bits per heavy atom. The maximum atomic E-state index is 4.19. The van der Waals surface area contributed by atoms with Crippen molar-refractivity contribution < 1.29 is 0 Å². The van der Waals surface area contributed by atoms with E-state index < -0.39 is 0 Å². The fraction of sp³-hybridized carbons (Fsp3) is 0.115. The average molecular weight is 757 g/mol. The molecule has 2 aromatic heterocycles. The molecular formula is C52H40N2S2. The highest BCUT2D eigenvalue weighted by Crippen LogP contribution is 2.51. The zero-order valence-electron chi connectivity index (χ0n) is 31.4. The van der Waals surface area contributed by atoms with Gasteiger partial charge in [0.2, 0.25) is 0 Å². The summed E-state index contributed by atoms with van der Waals surface area (Å²) in [7, 11) is 0. The molecule has 0 N–H and O–H groups in total. The summed E-state index contributed by atoms with van der Waals surface area (Å²) in [4.78, 5) is 2.81. The summed E-state index contributed by atoms with van der Waals surface area (Å²) >= 11 is 3.94. The molecule has 0 bridgehead atoms. The molecular weight excluding hydrogens is 717 g/mol. The van der Waals surface area contributed by atoms with Gasteiger partial charge in [-0.2, -0.15) is 0 Å². The lowest BCUT2D eigenvalue weighted by atomic mass is 9.91. The van der Waals surface area contributed by atoms with E-state index in [0.29, 0.717) is 22.3 Å². The number of nitrogens with zero attached hydrogens (tertiary/aromatic N) is 2. The Balaban J connectivity index is 1.02. The van der Waals surface area contributed by atoms with Crippen LogP contribution in [0.1, 0.15) is 30.9 Å². The van der Waals surface area contributed by atoms with Gasteiger partial charge in [-0.25, -0.2) is 0 Å². The predicted octanol–water partition coefficient (Wildman–Crippen LogP) is 14.5. The zero-order chi connectivity index (χ0) is 37.5. The summed E-state index contributed by atoms with van der Waals surface area (Å²) < 4.78 is 4.87. The molecule has 6 aromatic carbocycles. The van der Waals surface area contributed by atoms with Gasteiger partial charge in [0.15, 0.2) is 0 Å². The van der Waals surface area contributed by atoms with Crippen molar-refractivity contribution in [2.45, 2.75) is 35.2 Å². The summed E-state index contributed by atoms with van der Waals surface area (Å²) in [6, 6.07) is 43.2. The molecule has 0 fully saturated rings. The van der Waals surface area contributed by atoms with E-state index in [1.54, 1.807) is 0 Å². The van der Waals surface area contributed by atoms with Gasteiger partial charge in [-0.3, -0.25) is 0 Å². The van der Waals surface area contributed by atoms with E-state index in [1.807, 2.05) is 23.5 Å². The summed E-state index contributed by atoms with van der Waals surface area (Å²) in [6.07, 6.45) is 20.3. The normalized spacial score (nSPS) is 20.6. The first-order valence-corrected chi connectivity index (χ1v) is 21.3. The smallest absolute Gasteiger partial charge is 0.0547 e. The number of fused-ring (bicyclic) bond motifs is 10. The van der Waals surface area contributed by atoms with E-state index in [0.717, 1.165) is 11.4 Å². The maximum absolute atomic E-state index is 4.19. The van der Waals surface area contributed by atoms with Crippen molar-refractivity contribution in [3.63, 3.8) is 0 Å². The van der Waals surface area contributed by atoms with E-state index in [9.17, 15) is 0 Å². The van der Waals surface area contributed by atoms with Crippen molar-refractivity contribution in [3.8, 4) is 11.4 Å². The van der Waals surface area contributed by atoms with Gasteiger partial charge in [0.05, 0.1) is 22.1 Å². The minimum Gasteiger partial charge on any atom is -0.309 e. The van der Waals surface area contributed by atoms with Gasteiger partial charge < -0.3 is 9.13 Å². The highest BCUT2D eigenvalue weighted by atomic mass is 32.2. The van der Waals surface area contributed by atoms with Gasteiger partial charge in [-0.15, -0.1) is 30.1 Å². The van der Waals surface area contributed by atoms with Crippen molar-refractivity contribution in [1.29, 1.82) is 0 Å². The minimum atomic E-state index is 0.345. The Hall–Kier alpha value is -5.68. The van der Waals surface area contributed by atoms with Crippen LogP contribution in [-0.2, 0) is 0 Å². The molecule has 270 valence electrons. The second-order valence-electron chi connectivity index (χ2n) is 15.2. The second-order valence-corrected chi connectivity index (χ2v) is 17.7. The van der Waals surface area contributed by atoms with Crippen LogP contribution in [0.25, 0.3) is 71.8 Å². The third-order valence-electron chi connectivity index (χ3n) is 12.1. The molecule has 0 amide bonds. The molecule has 0 saturated heterocycles. The molecule has 4 heteroatoms. The number of para-hydroxylation sites is 2. The van der Waals surface area contributed by atoms with Crippen molar-refractivity contribution in [2.75, 3.05) is 0 Å². The number of benzene rings is 6. The monoisotopic (exact) mass is 756 g/mol. The van der Waals surface area contributed by atoms with Gasteiger partial charge >= 0.3 is 0 Å². The van der Waals surface area contributed by atoms with Crippen LogP contribution in [0.2, 0.25) is 0 Å². The molecule has 4 unspecified atom stereocenters. The number of aromatic nitrogens is 2. The van der Waals surface area contributed by atoms with Crippen LogP contribution in [0.15, 0.2) is 186 Å². The molecule has 0 saturated carbocycles. The summed E-state index contributed by atoms with van der Waals surface area (Å²) in [6.45, 7) is 8.57. The fourth-order valence-electron chi connectivity index (χ4n) is 9.47. The van der Waals surface area contributed by atoms with Crippen LogP contribution < -0.4 is 0 Å². The molecule has 4 atom stereocenters. The molecule has 4 heterocycles. The van der Waals surface area contributed by atoms with Gasteiger partial charge in [-0.05, 0) is 101 Å². The van der Waals surface area contributed by atoms with Crippen molar-refractivity contribution in [1.82, 2.24) is 9.13 Å². The van der Waals surface area contributed by atoms with E-state index in [-0.39, 0.29) is 0 Å². The summed E-state index contributed by atoms with van der Waals surface area (Å²) in [5.41, 5.74) is 11.2. The number of allylic oxidation sites excluding steroid dienone is 8. The first-order valence-electron chi connectivity index (χ1n) is 19.6. The second kappa shape index (κ2) is 13.2. The Morgan fingerprint density at radius 3 is 2.04 bits per heavy atom. The lowest BCUT2D eigenvalue weighted by Crippen LogP contribution is -2.11. The Kier molecular flexibility index (Phi) is 7.94. The summed E-state index contributed by atoms with van der Waals surface area (Å²) in [5.74, 6) is 0.803. The van der Waals surface area contributed by atoms with Crippen molar-refractivity contribution in [2.24, 2.45) is 5.92 Å².